The average Bonchev–Trinajstić information content (AvgIpc) is 3.82. The van der Waals surface area contributed by atoms with Gasteiger partial charge in [0.25, 0.3) is 0 Å². The predicted octanol–water partition coefficient (Wildman–Crippen LogP) is 2.01. The molecule has 3 rings (SSSR count). The first kappa shape index (κ1) is 50.7. The van der Waals surface area contributed by atoms with Crippen molar-refractivity contribution in [3.8, 4) is 10.4 Å². The summed E-state index contributed by atoms with van der Waals surface area (Å²) in [6, 6.07) is 5.68. The molecule has 2 heterocycles. The Morgan fingerprint density at radius 2 is 1.23 bits per heavy atom. The van der Waals surface area contributed by atoms with E-state index in [9.17, 15) is 24.3 Å². The van der Waals surface area contributed by atoms with Gasteiger partial charge in [-0.1, -0.05) is 45.0 Å². The van der Waals surface area contributed by atoms with Crippen molar-refractivity contribution in [3.05, 3.63) is 41.0 Å². The van der Waals surface area contributed by atoms with Crippen molar-refractivity contribution in [2.24, 2.45) is 5.41 Å². The number of thiazole rings is 1. The van der Waals surface area contributed by atoms with E-state index in [0.717, 1.165) is 21.7 Å². The molecule has 338 valence electrons. The summed E-state index contributed by atoms with van der Waals surface area (Å²) in [5.74, 6) is -2.33. The van der Waals surface area contributed by atoms with Gasteiger partial charge in [-0.3, -0.25) is 14.4 Å². The molecule has 0 aliphatic carbocycles. The molecule has 1 aliphatic rings. The quantitative estimate of drug-likeness (QED) is 0.0797. The molecule has 4 atom stereocenters. The lowest BCUT2D eigenvalue weighted by Crippen LogP contribution is -2.58. The van der Waals surface area contributed by atoms with Crippen molar-refractivity contribution in [1.82, 2.24) is 20.5 Å². The molecule has 60 heavy (non-hydrogen) atoms. The summed E-state index contributed by atoms with van der Waals surface area (Å²) in [6.45, 7) is 13.5. The molecule has 19 heteroatoms. The fraction of sp³-hybridized carbons (Fsp3) is 0.683. The van der Waals surface area contributed by atoms with Gasteiger partial charge in [0.05, 0.1) is 121 Å². The number of carbonyl (C=O) groups is 4. The van der Waals surface area contributed by atoms with Gasteiger partial charge in [-0.2, -0.15) is 0 Å². The Kier molecular flexibility index (Phi) is 23.7. The van der Waals surface area contributed by atoms with Gasteiger partial charge in [-0.05, 0) is 30.4 Å². The molecule has 2 aromatic rings. The van der Waals surface area contributed by atoms with Crippen LogP contribution in [0.1, 0.15) is 51.4 Å². The zero-order valence-electron chi connectivity index (χ0n) is 35.5. The van der Waals surface area contributed by atoms with E-state index in [0.29, 0.717) is 72.7 Å². The molecular weight excluding hydrogens is 805 g/mol. The molecule has 1 fully saturated rings. The van der Waals surface area contributed by atoms with Gasteiger partial charge in [-0.25, -0.2) is 9.78 Å². The number of aromatic nitrogens is 1. The fourth-order valence-electron chi connectivity index (χ4n) is 5.98. The molecule has 0 saturated carbocycles. The minimum atomic E-state index is -1.01. The zero-order chi connectivity index (χ0) is 43.8. The van der Waals surface area contributed by atoms with Gasteiger partial charge in [0, 0.05) is 13.0 Å². The van der Waals surface area contributed by atoms with Crippen LogP contribution >= 0.6 is 11.3 Å². The Labute approximate surface area is 356 Å². The van der Waals surface area contributed by atoms with Crippen LogP contribution in [0.4, 0.5) is 0 Å². The minimum absolute atomic E-state index is 0.0228. The van der Waals surface area contributed by atoms with Crippen molar-refractivity contribution in [2.75, 3.05) is 112 Å². The summed E-state index contributed by atoms with van der Waals surface area (Å²) in [4.78, 5) is 57.5. The predicted molar refractivity (Wildman–Crippen MR) is 221 cm³/mol. The number of aliphatic carboxylic acids is 1. The largest absolute Gasteiger partial charge is 0.480 e. The van der Waals surface area contributed by atoms with Crippen molar-refractivity contribution in [1.29, 1.82) is 0 Å². The van der Waals surface area contributed by atoms with E-state index in [4.69, 9.17) is 43.0 Å². The lowest BCUT2D eigenvalue weighted by Gasteiger charge is -2.35. The second-order valence-corrected chi connectivity index (χ2v) is 15.9. The van der Waals surface area contributed by atoms with Crippen LogP contribution in [0.2, 0.25) is 0 Å². The van der Waals surface area contributed by atoms with E-state index in [1.807, 2.05) is 64.4 Å². The number of β-amino-alcohol motifs (C(OH)–C–C–N with tert-alkyl or cyclic N) is 1. The first-order valence-corrected chi connectivity index (χ1v) is 21.1. The summed E-state index contributed by atoms with van der Waals surface area (Å²) < 4.78 is 42.9. The van der Waals surface area contributed by atoms with Gasteiger partial charge in [-0.15, -0.1) is 11.3 Å². The van der Waals surface area contributed by atoms with E-state index in [1.165, 1.54) is 4.90 Å². The van der Waals surface area contributed by atoms with Crippen LogP contribution in [-0.2, 0) is 57.1 Å². The van der Waals surface area contributed by atoms with Crippen molar-refractivity contribution >= 4 is 35.0 Å². The maximum atomic E-state index is 13.9. The number of ether oxygens (including phenoxy) is 8. The van der Waals surface area contributed by atoms with Crippen LogP contribution in [0.25, 0.3) is 10.4 Å². The van der Waals surface area contributed by atoms with Gasteiger partial charge >= 0.3 is 5.97 Å². The maximum Gasteiger partial charge on any atom is 0.329 e. The number of amides is 3. The molecule has 4 N–H and O–H groups in total. The molecule has 1 aromatic carbocycles. The van der Waals surface area contributed by atoms with Gasteiger partial charge < -0.3 is 63.6 Å². The molecule has 4 unspecified atom stereocenters. The number of benzene rings is 1. The van der Waals surface area contributed by atoms with Crippen LogP contribution in [-0.4, -0.2) is 174 Å². The lowest BCUT2D eigenvalue weighted by atomic mass is 9.85. The number of nitrogens with zero attached hydrogens (tertiary/aromatic N) is 2. The van der Waals surface area contributed by atoms with Crippen LogP contribution in [0.5, 0.6) is 0 Å². The van der Waals surface area contributed by atoms with Gasteiger partial charge in [0.1, 0.15) is 25.3 Å². The number of carbonyl (C=O) groups excluding carboxylic acids is 3. The monoisotopic (exact) mass is 868 g/mol. The third-order valence-corrected chi connectivity index (χ3v) is 10.1. The normalized spacial score (nSPS) is 16.5. The lowest BCUT2D eigenvalue weighted by molar-refractivity contribution is -0.144. The van der Waals surface area contributed by atoms with Crippen molar-refractivity contribution in [2.45, 2.75) is 65.3 Å². The van der Waals surface area contributed by atoms with E-state index >= 15 is 0 Å². The molecule has 1 saturated heterocycles. The summed E-state index contributed by atoms with van der Waals surface area (Å²) >= 11 is 1.57. The number of rotatable bonds is 31. The molecule has 0 radical (unpaired) electrons. The summed E-state index contributed by atoms with van der Waals surface area (Å²) in [5, 5.41) is 24.8. The number of aliphatic hydroxyl groups excluding tert-OH is 1. The fourth-order valence-corrected chi connectivity index (χ4v) is 6.79. The average molecular weight is 869 g/mol. The van der Waals surface area contributed by atoms with E-state index in [1.54, 1.807) is 11.3 Å². The number of carboxylic acid groups (broad SMARTS) is 1. The maximum absolute atomic E-state index is 13.9. The number of likely N-dealkylation sites (tertiary alicyclic amines) is 1. The van der Waals surface area contributed by atoms with Gasteiger partial charge in [0.15, 0.2) is 0 Å². The summed E-state index contributed by atoms with van der Waals surface area (Å²) in [7, 11) is 0. The zero-order valence-corrected chi connectivity index (χ0v) is 36.3. The van der Waals surface area contributed by atoms with Crippen molar-refractivity contribution in [3.63, 3.8) is 0 Å². The number of hydrogen-bond donors (Lipinski definition) is 4. The standard InChI is InChI=1S/C41H64N4O14S/c1-29(31-6-8-32(9-7-31)37-30(2)42-28-60-37)43-39(50)34-24-33(46)25-45(34)40(51)38(41(3,4)5)44-35(47)26-58-22-20-56-18-16-54-14-12-52-10-11-53-13-15-55-17-19-57-21-23-59-27-36(48)49/h6-9,28-29,33-34,38,46H,10-27H2,1-5H3,(H,43,50)(H,44,47)(H,48,49). The van der Waals surface area contributed by atoms with Crippen LogP contribution in [0, 0.1) is 12.3 Å². The van der Waals surface area contributed by atoms with E-state index in [-0.39, 0.29) is 57.9 Å². The minimum Gasteiger partial charge on any atom is -0.480 e. The number of hydrogen-bond acceptors (Lipinski definition) is 15. The smallest absolute Gasteiger partial charge is 0.329 e. The summed E-state index contributed by atoms with van der Waals surface area (Å²) in [6.07, 6.45) is -0.790. The highest BCUT2D eigenvalue weighted by Crippen LogP contribution is 2.29. The Hall–Kier alpha value is -3.63. The molecule has 0 spiro atoms. The second kappa shape index (κ2) is 28.1. The van der Waals surface area contributed by atoms with Crippen molar-refractivity contribution < 1.29 is 67.3 Å². The number of nitrogens with one attached hydrogen (secondary N) is 2. The third kappa shape index (κ3) is 19.4. The topological polar surface area (TPSA) is 223 Å². The van der Waals surface area contributed by atoms with Crippen LogP contribution < -0.4 is 10.6 Å². The van der Waals surface area contributed by atoms with Gasteiger partial charge in [0.2, 0.25) is 17.7 Å². The highest BCUT2D eigenvalue weighted by molar-refractivity contribution is 7.13. The van der Waals surface area contributed by atoms with E-state index < -0.39 is 41.4 Å². The van der Waals surface area contributed by atoms with Crippen LogP contribution in [0.15, 0.2) is 29.8 Å². The Bertz CT molecular complexity index is 1560. The first-order chi connectivity index (χ1) is 28.8. The summed E-state index contributed by atoms with van der Waals surface area (Å²) in [5.41, 5.74) is 4.01. The second-order valence-electron chi connectivity index (χ2n) is 15.1. The highest BCUT2D eigenvalue weighted by Gasteiger charge is 2.44. The molecule has 18 nitrogen and oxygen atoms in total. The first-order valence-electron chi connectivity index (χ1n) is 20.2. The molecule has 0 bridgehead atoms. The molecule has 3 amide bonds. The molecule has 1 aliphatic heterocycles. The number of aliphatic hydroxyl groups is 1. The van der Waals surface area contributed by atoms with E-state index in [2.05, 4.69) is 15.6 Å². The number of aryl methyl sites for hydroxylation is 1. The highest BCUT2D eigenvalue weighted by atomic mass is 32.1. The Morgan fingerprint density at radius 1 is 0.767 bits per heavy atom. The van der Waals surface area contributed by atoms with Crippen LogP contribution in [0.3, 0.4) is 0 Å². The molecule has 1 aromatic heterocycles. The third-order valence-electron chi connectivity index (χ3n) is 9.12. The SMILES string of the molecule is Cc1ncsc1-c1ccc(C(C)NC(=O)C2CC(O)CN2C(=O)C(NC(=O)COCCOCCOCCOCCOCCOCCOCCOCC(=O)O)C(C)(C)C)cc1. The Morgan fingerprint density at radius 3 is 1.67 bits per heavy atom. The molecular formula is C41H64N4O14S. The Balaban J connectivity index is 1.23. The number of carboxylic acids is 1.